The second kappa shape index (κ2) is 4.77. The number of methoxy groups -OCH3 is 1. The van der Waals surface area contributed by atoms with Crippen molar-refractivity contribution in [1.29, 1.82) is 0 Å². The fourth-order valence-corrected chi connectivity index (χ4v) is 1.63. The molecule has 1 atom stereocenters. The standard InChI is InChI=1S/C11H10F2O5/c1-16-11(15)9(14)7-8(13)5(12)4-6-10(7)18-3-2-17-6/h4,9,14H,2-3H2,1H3. The molecule has 0 fully saturated rings. The lowest BCUT2D eigenvalue weighted by Gasteiger charge is -2.23. The van der Waals surface area contributed by atoms with Gasteiger partial charge in [-0.25, -0.2) is 13.6 Å². The average Bonchev–Trinajstić information content (AvgIpc) is 2.38. The van der Waals surface area contributed by atoms with Crippen molar-refractivity contribution >= 4 is 5.97 Å². The van der Waals surface area contributed by atoms with Gasteiger partial charge in [0.05, 0.1) is 12.7 Å². The van der Waals surface area contributed by atoms with E-state index in [9.17, 15) is 18.7 Å². The Balaban J connectivity index is 2.56. The number of aliphatic hydroxyl groups excluding tert-OH is 1. The first-order valence-electron chi connectivity index (χ1n) is 5.09. The van der Waals surface area contributed by atoms with Gasteiger partial charge in [-0.15, -0.1) is 0 Å². The van der Waals surface area contributed by atoms with Gasteiger partial charge in [-0.05, 0) is 0 Å². The molecule has 1 heterocycles. The number of benzene rings is 1. The van der Waals surface area contributed by atoms with E-state index in [-0.39, 0.29) is 24.7 Å². The van der Waals surface area contributed by atoms with Gasteiger partial charge in [-0.3, -0.25) is 0 Å². The maximum Gasteiger partial charge on any atom is 0.339 e. The highest BCUT2D eigenvalue weighted by Crippen LogP contribution is 2.40. The third kappa shape index (κ3) is 1.97. The van der Waals surface area contributed by atoms with Crippen molar-refractivity contribution in [1.82, 2.24) is 0 Å². The summed E-state index contributed by atoms with van der Waals surface area (Å²) in [6.07, 6.45) is -1.97. The summed E-state index contributed by atoms with van der Waals surface area (Å²) < 4.78 is 41.4. The Hall–Kier alpha value is -1.89. The van der Waals surface area contributed by atoms with E-state index in [0.717, 1.165) is 13.2 Å². The molecule has 18 heavy (non-hydrogen) atoms. The highest BCUT2D eigenvalue weighted by Gasteiger charge is 2.32. The van der Waals surface area contributed by atoms with Gasteiger partial charge in [-0.1, -0.05) is 0 Å². The molecule has 2 rings (SSSR count). The Morgan fingerprint density at radius 1 is 1.44 bits per heavy atom. The van der Waals surface area contributed by atoms with E-state index in [1.54, 1.807) is 0 Å². The molecule has 1 aromatic carbocycles. The van der Waals surface area contributed by atoms with E-state index in [2.05, 4.69) is 4.74 Å². The molecule has 0 bridgehead atoms. The van der Waals surface area contributed by atoms with Gasteiger partial charge >= 0.3 is 5.97 Å². The number of fused-ring (bicyclic) bond motifs is 1. The first-order chi connectivity index (χ1) is 8.56. The van der Waals surface area contributed by atoms with Crippen LogP contribution in [0.3, 0.4) is 0 Å². The first kappa shape index (κ1) is 12.6. The fraction of sp³-hybridized carbons (Fsp3) is 0.364. The van der Waals surface area contributed by atoms with E-state index in [4.69, 9.17) is 9.47 Å². The van der Waals surface area contributed by atoms with E-state index >= 15 is 0 Å². The smallest absolute Gasteiger partial charge is 0.339 e. The zero-order valence-corrected chi connectivity index (χ0v) is 9.41. The number of carbonyl (C=O) groups is 1. The fourth-order valence-electron chi connectivity index (χ4n) is 1.63. The number of hydrogen-bond acceptors (Lipinski definition) is 5. The van der Waals surface area contributed by atoms with Crippen molar-refractivity contribution in [3.63, 3.8) is 0 Å². The molecule has 0 saturated carbocycles. The molecule has 1 unspecified atom stereocenters. The zero-order valence-electron chi connectivity index (χ0n) is 9.41. The second-order valence-corrected chi connectivity index (χ2v) is 3.54. The third-order valence-corrected chi connectivity index (χ3v) is 2.46. The highest BCUT2D eigenvalue weighted by molar-refractivity contribution is 5.78. The number of esters is 1. The molecule has 98 valence electrons. The summed E-state index contributed by atoms with van der Waals surface area (Å²) in [4.78, 5) is 11.2. The van der Waals surface area contributed by atoms with Crippen LogP contribution < -0.4 is 9.47 Å². The number of halogens is 2. The normalized spacial score (nSPS) is 15.1. The van der Waals surface area contributed by atoms with Gasteiger partial charge in [0, 0.05) is 6.07 Å². The summed E-state index contributed by atoms with van der Waals surface area (Å²) in [7, 11) is 1.02. The Morgan fingerprint density at radius 3 is 2.78 bits per heavy atom. The molecule has 0 aromatic heterocycles. The lowest BCUT2D eigenvalue weighted by atomic mass is 10.1. The molecule has 5 nitrogen and oxygen atoms in total. The van der Waals surface area contributed by atoms with Crippen LogP contribution >= 0.6 is 0 Å². The van der Waals surface area contributed by atoms with Gasteiger partial charge in [0.2, 0.25) is 0 Å². The Morgan fingerprint density at radius 2 is 2.11 bits per heavy atom. The molecule has 0 spiro atoms. The molecule has 1 aliphatic heterocycles. The Bertz CT molecular complexity index is 489. The molecule has 1 aliphatic rings. The molecule has 1 N–H and O–H groups in total. The van der Waals surface area contributed by atoms with Crippen LogP contribution in [0, 0.1) is 11.6 Å². The van der Waals surface area contributed by atoms with Crippen LogP contribution in [0.5, 0.6) is 11.5 Å². The van der Waals surface area contributed by atoms with Gasteiger partial charge < -0.3 is 19.3 Å². The van der Waals surface area contributed by atoms with Crippen LogP contribution in [0.25, 0.3) is 0 Å². The number of ether oxygens (including phenoxy) is 3. The van der Waals surface area contributed by atoms with Crippen LogP contribution in [0.4, 0.5) is 8.78 Å². The van der Waals surface area contributed by atoms with Crippen molar-refractivity contribution in [2.75, 3.05) is 20.3 Å². The lowest BCUT2D eigenvalue weighted by molar-refractivity contribution is -0.151. The summed E-state index contributed by atoms with van der Waals surface area (Å²) in [5.41, 5.74) is -0.614. The van der Waals surface area contributed by atoms with Crippen LogP contribution in [0.15, 0.2) is 6.07 Å². The number of rotatable bonds is 2. The summed E-state index contributed by atoms with van der Waals surface area (Å²) >= 11 is 0. The molecule has 1 aromatic rings. The van der Waals surface area contributed by atoms with Gasteiger partial charge in [0.25, 0.3) is 0 Å². The van der Waals surface area contributed by atoms with E-state index in [1.807, 2.05) is 0 Å². The minimum atomic E-state index is -1.97. The van der Waals surface area contributed by atoms with Gasteiger partial charge in [0.1, 0.15) is 13.2 Å². The van der Waals surface area contributed by atoms with Crippen molar-refractivity contribution in [3.05, 3.63) is 23.3 Å². The summed E-state index contributed by atoms with van der Waals surface area (Å²) in [6.45, 7) is 0.283. The minimum Gasteiger partial charge on any atom is -0.486 e. The SMILES string of the molecule is COC(=O)C(O)c1c(F)c(F)cc2c1OCCO2. The quantitative estimate of drug-likeness (QED) is 0.802. The molecule has 0 saturated heterocycles. The van der Waals surface area contributed by atoms with Crippen molar-refractivity contribution in [3.8, 4) is 11.5 Å². The molecule has 0 aliphatic carbocycles. The van der Waals surface area contributed by atoms with Crippen molar-refractivity contribution < 1.29 is 32.9 Å². The van der Waals surface area contributed by atoms with Crippen molar-refractivity contribution in [2.24, 2.45) is 0 Å². The maximum absolute atomic E-state index is 13.7. The Labute approximate surface area is 101 Å². The number of hydrogen-bond donors (Lipinski definition) is 1. The molecule has 0 amide bonds. The monoisotopic (exact) mass is 260 g/mol. The molecule has 7 heteroatoms. The topological polar surface area (TPSA) is 65.0 Å². The number of carbonyl (C=O) groups excluding carboxylic acids is 1. The number of aliphatic hydroxyl groups is 1. The summed E-state index contributed by atoms with van der Waals surface area (Å²) in [5.74, 6) is -3.96. The third-order valence-electron chi connectivity index (χ3n) is 2.46. The van der Waals surface area contributed by atoms with E-state index in [1.165, 1.54) is 0 Å². The highest BCUT2D eigenvalue weighted by atomic mass is 19.2. The average molecular weight is 260 g/mol. The molecular weight excluding hydrogens is 250 g/mol. The van der Waals surface area contributed by atoms with Crippen LogP contribution in [0.1, 0.15) is 11.7 Å². The Kier molecular flexibility index (Phi) is 3.33. The minimum absolute atomic E-state index is 0.0573. The van der Waals surface area contributed by atoms with Crippen LogP contribution in [0.2, 0.25) is 0 Å². The predicted molar refractivity (Wildman–Crippen MR) is 54.3 cm³/mol. The molecule has 0 radical (unpaired) electrons. The van der Waals surface area contributed by atoms with E-state index in [0.29, 0.717) is 0 Å². The maximum atomic E-state index is 13.7. The summed E-state index contributed by atoms with van der Waals surface area (Å²) in [6, 6.07) is 0.803. The molecular formula is C11H10F2O5. The van der Waals surface area contributed by atoms with Gasteiger partial charge in [-0.2, -0.15) is 0 Å². The second-order valence-electron chi connectivity index (χ2n) is 3.54. The van der Waals surface area contributed by atoms with Crippen LogP contribution in [-0.4, -0.2) is 31.4 Å². The van der Waals surface area contributed by atoms with E-state index < -0.39 is 29.3 Å². The predicted octanol–water partition coefficient (Wildman–Crippen LogP) is 0.942. The largest absolute Gasteiger partial charge is 0.486 e. The van der Waals surface area contributed by atoms with Crippen molar-refractivity contribution in [2.45, 2.75) is 6.10 Å². The van der Waals surface area contributed by atoms with Gasteiger partial charge in [0.15, 0.2) is 29.2 Å². The lowest BCUT2D eigenvalue weighted by Crippen LogP contribution is -2.22. The van der Waals surface area contributed by atoms with Crippen LogP contribution in [-0.2, 0) is 9.53 Å². The summed E-state index contributed by atoms with van der Waals surface area (Å²) in [5, 5.41) is 9.63. The first-order valence-corrected chi connectivity index (χ1v) is 5.09. The zero-order chi connectivity index (χ0) is 13.3.